The van der Waals surface area contributed by atoms with Gasteiger partial charge in [-0.05, 0) is 43.7 Å². The highest BCUT2D eigenvalue weighted by Gasteiger charge is 2.09. The molecule has 0 atom stereocenters. The lowest BCUT2D eigenvalue weighted by Gasteiger charge is -2.09. The number of carbonyl (C=O) groups is 2. The fourth-order valence-corrected chi connectivity index (χ4v) is 1.76. The molecule has 2 rings (SSSR count). The summed E-state index contributed by atoms with van der Waals surface area (Å²) in [4.78, 5) is 27.7. The predicted molar refractivity (Wildman–Crippen MR) is 85.5 cm³/mol. The van der Waals surface area contributed by atoms with Crippen LogP contribution in [-0.2, 0) is 11.3 Å². The Kier molecular flexibility index (Phi) is 5.82. The van der Waals surface area contributed by atoms with Crippen LogP contribution in [0.3, 0.4) is 0 Å². The number of carbonyl (C=O) groups excluding carboxylic acids is 2. The van der Waals surface area contributed by atoms with Gasteiger partial charge in [0.05, 0.1) is 12.7 Å². The predicted octanol–water partition coefficient (Wildman–Crippen LogP) is 2.08. The van der Waals surface area contributed by atoms with Gasteiger partial charge < -0.3 is 4.74 Å². The van der Waals surface area contributed by atoms with E-state index in [1.54, 1.807) is 30.3 Å². The van der Waals surface area contributed by atoms with E-state index in [2.05, 4.69) is 15.8 Å². The van der Waals surface area contributed by atoms with Crippen LogP contribution in [0.1, 0.15) is 40.3 Å². The number of pyridine rings is 1. The van der Waals surface area contributed by atoms with Crippen LogP contribution in [0.4, 0.5) is 0 Å². The fraction of sp³-hybridized carbons (Fsp3) is 0.235. The third kappa shape index (κ3) is 5.19. The van der Waals surface area contributed by atoms with Crippen LogP contribution in [0.15, 0.2) is 48.7 Å². The molecule has 0 saturated carbocycles. The summed E-state index contributed by atoms with van der Waals surface area (Å²) in [6.45, 7) is 4.42. The maximum atomic E-state index is 12.0. The first-order valence-corrected chi connectivity index (χ1v) is 7.28. The molecule has 0 aliphatic rings. The van der Waals surface area contributed by atoms with Crippen molar-refractivity contribution in [3.05, 3.63) is 65.5 Å². The lowest BCUT2D eigenvalue weighted by atomic mass is 10.1. The molecule has 0 fully saturated rings. The summed E-state index contributed by atoms with van der Waals surface area (Å²) in [5.41, 5.74) is 6.34. The van der Waals surface area contributed by atoms with Crippen LogP contribution >= 0.6 is 0 Å². The maximum absolute atomic E-state index is 12.0. The Labute approximate surface area is 134 Å². The average molecular weight is 313 g/mol. The fourth-order valence-electron chi connectivity index (χ4n) is 1.76. The van der Waals surface area contributed by atoms with E-state index in [1.165, 1.54) is 6.20 Å². The summed E-state index contributed by atoms with van der Waals surface area (Å²) in [7, 11) is 0. The number of rotatable bonds is 5. The number of nitrogens with zero attached hydrogens (tertiary/aromatic N) is 1. The number of hydrogen-bond acceptors (Lipinski definition) is 4. The Morgan fingerprint density at radius 1 is 1.04 bits per heavy atom. The minimum absolute atomic E-state index is 0.153. The number of aromatic nitrogens is 1. The highest BCUT2D eigenvalue weighted by Crippen LogP contribution is 2.07. The summed E-state index contributed by atoms with van der Waals surface area (Å²) < 4.78 is 5.49. The molecule has 2 amide bonds. The molecule has 0 spiro atoms. The van der Waals surface area contributed by atoms with E-state index in [9.17, 15) is 9.59 Å². The lowest BCUT2D eigenvalue weighted by molar-refractivity contribution is 0.0656. The van der Waals surface area contributed by atoms with Crippen LogP contribution in [0.5, 0.6) is 0 Å². The van der Waals surface area contributed by atoms with Crippen LogP contribution in [0.2, 0.25) is 0 Å². The molecule has 0 radical (unpaired) electrons. The van der Waals surface area contributed by atoms with Crippen molar-refractivity contribution in [2.45, 2.75) is 26.6 Å². The average Bonchev–Trinajstić information content (AvgIpc) is 2.58. The summed E-state index contributed by atoms with van der Waals surface area (Å²) in [6.07, 6.45) is 1.66. The summed E-state index contributed by atoms with van der Waals surface area (Å²) in [6, 6.07) is 12.0. The molecule has 2 N–H and O–H groups in total. The van der Waals surface area contributed by atoms with Crippen molar-refractivity contribution in [3.63, 3.8) is 0 Å². The number of hydrazine groups is 1. The molecule has 0 bridgehead atoms. The van der Waals surface area contributed by atoms with Crippen molar-refractivity contribution in [1.82, 2.24) is 15.8 Å². The third-order valence-electron chi connectivity index (χ3n) is 2.99. The minimum atomic E-state index is -0.471. The van der Waals surface area contributed by atoms with E-state index >= 15 is 0 Å². The molecule has 0 aliphatic heterocycles. The molecule has 0 aliphatic carbocycles. The zero-order valence-corrected chi connectivity index (χ0v) is 13.1. The summed E-state index contributed by atoms with van der Waals surface area (Å²) >= 11 is 0. The van der Waals surface area contributed by atoms with Gasteiger partial charge in [-0.25, -0.2) is 0 Å². The summed E-state index contributed by atoms with van der Waals surface area (Å²) in [5, 5.41) is 0. The first-order chi connectivity index (χ1) is 11.1. The van der Waals surface area contributed by atoms with E-state index in [4.69, 9.17) is 4.74 Å². The van der Waals surface area contributed by atoms with E-state index < -0.39 is 11.8 Å². The van der Waals surface area contributed by atoms with Crippen LogP contribution < -0.4 is 10.9 Å². The van der Waals surface area contributed by atoms with Gasteiger partial charge in [0.15, 0.2) is 0 Å². The van der Waals surface area contributed by atoms with Gasteiger partial charge in [0.1, 0.15) is 5.69 Å². The number of hydrogen-bond donors (Lipinski definition) is 2. The Bertz CT molecular complexity index is 655. The second-order valence-corrected chi connectivity index (χ2v) is 5.18. The zero-order chi connectivity index (χ0) is 16.7. The van der Waals surface area contributed by atoms with E-state index in [-0.39, 0.29) is 11.8 Å². The van der Waals surface area contributed by atoms with E-state index in [0.29, 0.717) is 12.2 Å². The van der Waals surface area contributed by atoms with Gasteiger partial charge in [-0.1, -0.05) is 18.2 Å². The molecule has 1 aromatic carbocycles. The van der Waals surface area contributed by atoms with Gasteiger partial charge in [0.25, 0.3) is 11.8 Å². The highest BCUT2D eigenvalue weighted by atomic mass is 16.5. The molecule has 120 valence electrons. The van der Waals surface area contributed by atoms with Gasteiger partial charge in [0, 0.05) is 11.8 Å². The minimum Gasteiger partial charge on any atom is -0.374 e. The van der Waals surface area contributed by atoms with Crippen molar-refractivity contribution >= 4 is 11.8 Å². The van der Waals surface area contributed by atoms with Crippen molar-refractivity contribution in [2.75, 3.05) is 0 Å². The Morgan fingerprint density at radius 2 is 1.74 bits per heavy atom. The number of amides is 2. The third-order valence-corrected chi connectivity index (χ3v) is 2.99. The highest BCUT2D eigenvalue weighted by molar-refractivity contribution is 5.98. The second-order valence-electron chi connectivity index (χ2n) is 5.18. The van der Waals surface area contributed by atoms with Crippen molar-refractivity contribution in [3.8, 4) is 0 Å². The molecule has 6 nitrogen and oxygen atoms in total. The topological polar surface area (TPSA) is 80.3 Å². The summed E-state index contributed by atoms with van der Waals surface area (Å²) in [5.74, 6) is -0.869. The molecule has 6 heteroatoms. The molecule has 0 saturated heterocycles. The van der Waals surface area contributed by atoms with Gasteiger partial charge in [0.2, 0.25) is 0 Å². The second kappa shape index (κ2) is 8.05. The Balaban J connectivity index is 1.87. The first-order valence-electron chi connectivity index (χ1n) is 7.28. The zero-order valence-electron chi connectivity index (χ0n) is 13.1. The molecule has 2 aromatic rings. The molecule has 1 aromatic heterocycles. The van der Waals surface area contributed by atoms with Crippen LogP contribution in [0, 0.1) is 0 Å². The maximum Gasteiger partial charge on any atom is 0.288 e. The normalized spacial score (nSPS) is 10.4. The smallest absolute Gasteiger partial charge is 0.288 e. The van der Waals surface area contributed by atoms with Gasteiger partial charge in [-0.3, -0.25) is 25.4 Å². The van der Waals surface area contributed by atoms with Crippen molar-refractivity contribution in [2.24, 2.45) is 0 Å². The van der Waals surface area contributed by atoms with Gasteiger partial charge >= 0.3 is 0 Å². The lowest BCUT2D eigenvalue weighted by Crippen LogP contribution is -2.41. The van der Waals surface area contributed by atoms with Crippen LogP contribution in [-0.4, -0.2) is 22.9 Å². The molecule has 0 unspecified atom stereocenters. The van der Waals surface area contributed by atoms with Gasteiger partial charge in [-0.2, -0.15) is 0 Å². The van der Waals surface area contributed by atoms with E-state index in [1.807, 2.05) is 26.0 Å². The molecule has 23 heavy (non-hydrogen) atoms. The number of nitrogens with one attached hydrogen (secondary N) is 2. The molecular formula is C17H19N3O3. The Hall–Kier alpha value is -2.73. The van der Waals surface area contributed by atoms with Crippen LogP contribution in [0.25, 0.3) is 0 Å². The van der Waals surface area contributed by atoms with E-state index in [0.717, 1.165) is 5.56 Å². The van der Waals surface area contributed by atoms with Gasteiger partial charge in [-0.15, -0.1) is 0 Å². The van der Waals surface area contributed by atoms with Crippen molar-refractivity contribution in [1.29, 1.82) is 0 Å². The monoisotopic (exact) mass is 313 g/mol. The largest absolute Gasteiger partial charge is 0.374 e. The molecular weight excluding hydrogens is 294 g/mol. The van der Waals surface area contributed by atoms with Crippen molar-refractivity contribution < 1.29 is 14.3 Å². The quantitative estimate of drug-likeness (QED) is 0.828. The molecule has 1 heterocycles. The standard InChI is InChI=1S/C17H19N3O3/c1-12(2)23-11-13-6-8-14(9-7-13)16(21)19-20-17(22)15-5-3-4-10-18-15/h3-10,12H,11H2,1-2H3,(H,19,21)(H,20,22). The number of benzene rings is 1. The SMILES string of the molecule is CC(C)OCc1ccc(C(=O)NNC(=O)c2ccccn2)cc1. The first kappa shape index (κ1) is 16.6. The number of ether oxygens (including phenoxy) is 1. The Morgan fingerprint density at radius 3 is 2.35 bits per heavy atom.